The number of hydrogen-bond donors (Lipinski definition) is 0. The predicted molar refractivity (Wildman–Crippen MR) is 46.7 cm³/mol. The summed E-state index contributed by atoms with van der Waals surface area (Å²) in [6, 6.07) is 0. The van der Waals surface area contributed by atoms with Gasteiger partial charge in [0.25, 0.3) is 5.67 Å². The van der Waals surface area contributed by atoms with Gasteiger partial charge in [0.15, 0.2) is 0 Å². The third-order valence-electron chi connectivity index (χ3n) is 2.12. The van der Waals surface area contributed by atoms with Crippen molar-refractivity contribution < 1.29 is 13.9 Å². The van der Waals surface area contributed by atoms with Crippen LogP contribution in [0.25, 0.3) is 0 Å². The van der Waals surface area contributed by atoms with E-state index in [1.807, 2.05) is 0 Å². The summed E-state index contributed by atoms with van der Waals surface area (Å²) in [6.07, 6.45) is 3.44. The molecule has 1 unspecified atom stereocenters. The highest BCUT2D eigenvalue weighted by Crippen LogP contribution is 2.23. The Bertz CT molecular complexity index is 251. The van der Waals surface area contributed by atoms with Gasteiger partial charge in [-0.05, 0) is 12.8 Å². The fraction of sp³-hybridized carbons (Fsp3) is 0.700. The molecule has 0 N–H and O–H groups in total. The van der Waals surface area contributed by atoms with Crippen LogP contribution in [-0.4, -0.2) is 18.7 Å². The van der Waals surface area contributed by atoms with Crippen LogP contribution in [0.5, 0.6) is 0 Å². The molecule has 0 aromatic heterocycles. The van der Waals surface area contributed by atoms with Crippen molar-refractivity contribution in [3.05, 3.63) is 0 Å². The van der Waals surface area contributed by atoms with Gasteiger partial charge in [-0.15, -0.1) is 0 Å². The standard InChI is InChI=1S/C10H13FO2/c1-13-9(12)10(11)7-5-3-2-4-6-8-10/h2-5,7H2,1H3. The summed E-state index contributed by atoms with van der Waals surface area (Å²) < 4.78 is 18.1. The van der Waals surface area contributed by atoms with Crippen LogP contribution >= 0.6 is 0 Å². The van der Waals surface area contributed by atoms with Crippen molar-refractivity contribution in [3.8, 4) is 11.8 Å². The molecule has 3 heteroatoms. The Balaban J connectivity index is 2.77. The van der Waals surface area contributed by atoms with Crippen LogP contribution in [0.15, 0.2) is 0 Å². The van der Waals surface area contributed by atoms with Gasteiger partial charge in [-0.1, -0.05) is 18.3 Å². The van der Waals surface area contributed by atoms with Gasteiger partial charge in [0, 0.05) is 12.8 Å². The van der Waals surface area contributed by atoms with E-state index in [0.717, 1.165) is 12.8 Å². The Hall–Kier alpha value is -1.04. The molecule has 1 atom stereocenters. The van der Waals surface area contributed by atoms with Crippen LogP contribution in [0.2, 0.25) is 0 Å². The molecule has 0 amide bonds. The van der Waals surface area contributed by atoms with Gasteiger partial charge in [0.1, 0.15) is 0 Å². The molecule has 0 bridgehead atoms. The zero-order valence-corrected chi connectivity index (χ0v) is 7.73. The average molecular weight is 184 g/mol. The summed E-state index contributed by atoms with van der Waals surface area (Å²) >= 11 is 0. The number of methoxy groups -OCH3 is 1. The van der Waals surface area contributed by atoms with Gasteiger partial charge in [-0.3, -0.25) is 0 Å². The van der Waals surface area contributed by atoms with Crippen LogP contribution in [0.1, 0.15) is 32.1 Å². The molecule has 1 aliphatic rings. The molecular formula is C10H13FO2. The number of alkyl halides is 1. The third-order valence-corrected chi connectivity index (χ3v) is 2.12. The highest BCUT2D eigenvalue weighted by Gasteiger charge is 2.37. The molecule has 13 heavy (non-hydrogen) atoms. The average Bonchev–Trinajstić information content (AvgIpc) is 2.10. The Morgan fingerprint density at radius 3 is 2.92 bits per heavy atom. The quantitative estimate of drug-likeness (QED) is 0.459. The van der Waals surface area contributed by atoms with E-state index in [2.05, 4.69) is 16.6 Å². The number of carbonyl (C=O) groups is 1. The maximum atomic E-state index is 13.8. The number of ether oxygens (including phenoxy) is 1. The monoisotopic (exact) mass is 184 g/mol. The van der Waals surface area contributed by atoms with Crippen molar-refractivity contribution in [2.75, 3.05) is 7.11 Å². The van der Waals surface area contributed by atoms with Gasteiger partial charge < -0.3 is 4.74 Å². The second-order valence-corrected chi connectivity index (χ2v) is 3.16. The lowest BCUT2D eigenvalue weighted by atomic mass is 9.96. The van der Waals surface area contributed by atoms with Crippen molar-refractivity contribution in [3.63, 3.8) is 0 Å². The van der Waals surface area contributed by atoms with Crippen LogP contribution in [0.4, 0.5) is 4.39 Å². The van der Waals surface area contributed by atoms with E-state index >= 15 is 0 Å². The summed E-state index contributed by atoms with van der Waals surface area (Å²) in [5, 5.41) is 0. The normalized spacial score (nSPS) is 27.8. The van der Waals surface area contributed by atoms with E-state index in [-0.39, 0.29) is 6.42 Å². The van der Waals surface area contributed by atoms with Crippen molar-refractivity contribution >= 4 is 5.97 Å². The fourth-order valence-corrected chi connectivity index (χ4v) is 1.34. The number of esters is 1. The van der Waals surface area contributed by atoms with E-state index in [4.69, 9.17) is 0 Å². The number of hydrogen-bond acceptors (Lipinski definition) is 2. The molecule has 1 aliphatic carbocycles. The SMILES string of the molecule is COC(=O)C1(F)C#CCCCCC1. The van der Waals surface area contributed by atoms with Crippen LogP contribution in [-0.2, 0) is 9.53 Å². The Morgan fingerprint density at radius 1 is 1.46 bits per heavy atom. The van der Waals surface area contributed by atoms with Gasteiger partial charge in [-0.2, -0.15) is 0 Å². The minimum atomic E-state index is -2.06. The maximum absolute atomic E-state index is 13.8. The minimum absolute atomic E-state index is 0.159. The van der Waals surface area contributed by atoms with Crippen LogP contribution < -0.4 is 0 Å². The smallest absolute Gasteiger partial charge is 0.356 e. The first kappa shape index (κ1) is 10.0. The molecule has 72 valence electrons. The number of carbonyl (C=O) groups excluding carboxylic acids is 1. The second kappa shape index (κ2) is 4.27. The predicted octanol–water partition coefficient (Wildman–Crippen LogP) is 1.84. The number of halogens is 1. The first-order valence-electron chi connectivity index (χ1n) is 4.46. The number of rotatable bonds is 1. The Kier molecular flexibility index (Phi) is 3.30. The minimum Gasteiger partial charge on any atom is -0.466 e. The van der Waals surface area contributed by atoms with E-state index < -0.39 is 11.6 Å². The first-order valence-corrected chi connectivity index (χ1v) is 4.46. The highest BCUT2D eigenvalue weighted by atomic mass is 19.1. The van der Waals surface area contributed by atoms with Gasteiger partial charge >= 0.3 is 5.97 Å². The summed E-state index contributed by atoms with van der Waals surface area (Å²) in [7, 11) is 1.18. The molecule has 1 rings (SSSR count). The van der Waals surface area contributed by atoms with Crippen LogP contribution in [0.3, 0.4) is 0 Å². The molecule has 0 saturated carbocycles. The molecule has 0 spiro atoms. The topological polar surface area (TPSA) is 26.3 Å². The van der Waals surface area contributed by atoms with Crippen molar-refractivity contribution in [1.82, 2.24) is 0 Å². The Morgan fingerprint density at radius 2 is 2.23 bits per heavy atom. The van der Waals surface area contributed by atoms with Gasteiger partial charge in [0.05, 0.1) is 7.11 Å². The molecule has 0 saturated heterocycles. The van der Waals surface area contributed by atoms with Crippen molar-refractivity contribution in [1.29, 1.82) is 0 Å². The zero-order chi connectivity index (χ0) is 9.73. The zero-order valence-electron chi connectivity index (χ0n) is 7.73. The molecule has 0 radical (unpaired) electrons. The highest BCUT2D eigenvalue weighted by molar-refractivity contribution is 5.83. The van der Waals surface area contributed by atoms with Crippen LogP contribution in [0, 0.1) is 11.8 Å². The lowest BCUT2D eigenvalue weighted by molar-refractivity contribution is -0.151. The van der Waals surface area contributed by atoms with E-state index in [0.29, 0.717) is 12.8 Å². The molecule has 0 heterocycles. The van der Waals surface area contributed by atoms with Gasteiger partial charge in [-0.25, -0.2) is 9.18 Å². The molecule has 2 nitrogen and oxygen atoms in total. The van der Waals surface area contributed by atoms with E-state index in [1.54, 1.807) is 0 Å². The summed E-state index contributed by atoms with van der Waals surface area (Å²) in [5.41, 5.74) is -2.06. The lowest BCUT2D eigenvalue weighted by Gasteiger charge is -2.17. The molecule has 0 aromatic carbocycles. The van der Waals surface area contributed by atoms with E-state index in [9.17, 15) is 9.18 Å². The lowest BCUT2D eigenvalue weighted by Crippen LogP contribution is -2.33. The Labute approximate surface area is 77.5 Å². The summed E-state index contributed by atoms with van der Waals surface area (Å²) in [4.78, 5) is 11.1. The third kappa shape index (κ3) is 2.45. The van der Waals surface area contributed by atoms with Crippen molar-refractivity contribution in [2.45, 2.75) is 37.8 Å². The van der Waals surface area contributed by atoms with E-state index in [1.165, 1.54) is 7.11 Å². The molecule has 0 aliphatic heterocycles. The maximum Gasteiger partial charge on any atom is 0.356 e. The van der Waals surface area contributed by atoms with Crippen molar-refractivity contribution in [2.24, 2.45) is 0 Å². The largest absolute Gasteiger partial charge is 0.466 e. The summed E-state index contributed by atoms with van der Waals surface area (Å²) in [6.45, 7) is 0. The summed E-state index contributed by atoms with van der Waals surface area (Å²) in [5.74, 6) is 4.17. The first-order chi connectivity index (χ1) is 6.19. The molecule has 0 aromatic rings. The fourth-order valence-electron chi connectivity index (χ4n) is 1.34. The molecular weight excluding hydrogens is 171 g/mol. The van der Waals surface area contributed by atoms with Gasteiger partial charge in [0.2, 0.25) is 0 Å². The molecule has 0 fully saturated rings. The second-order valence-electron chi connectivity index (χ2n) is 3.16.